The fourth-order valence-corrected chi connectivity index (χ4v) is 3.95. The molecule has 0 bridgehead atoms. The van der Waals surface area contributed by atoms with Crippen molar-refractivity contribution in [1.82, 2.24) is 0 Å². The highest BCUT2D eigenvalue weighted by Gasteiger charge is 2.43. The van der Waals surface area contributed by atoms with Crippen LogP contribution in [-0.4, -0.2) is 28.5 Å². The van der Waals surface area contributed by atoms with E-state index in [0.717, 1.165) is 6.92 Å². The Labute approximate surface area is 164 Å². The first-order valence-corrected chi connectivity index (χ1v) is 9.90. The SMILES string of the molecule is CC(=O)OC(CCS(=O)(=O)O)(CC(Cl)(Cl)Cl)c1cc(Cl)cc(Cl)c1. The zero-order valence-electron chi connectivity index (χ0n) is 12.2. The standard InChI is InChI=1S/C13H13Cl5O5S/c1-8(19)23-12(7-13(16,17)18,2-3-24(20,21)22)9-4-10(14)6-11(15)5-9/h4-6H,2-3,7H2,1H3,(H,20,21,22). The molecule has 0 aromatic heterocycles. The van der Waals surface area contributed by atoms with E-state index in [1.54, 1.807) is 0 Å². The number of esters is 1. The first kappa shape index (κ1) is 22.1. The van der Waals surface area contributed by atoms with Gasteiger partial charge >= 0.3 is 5.97 Å². The Morgan fingerprint density at radius 1 is 1.17 bits per heavy atom. The second-order valence-electron chi connectivity index (χ2n) is 5.07. The van der Waals surface area contributed by atoms with E-state index >= 15 is 0 Å². The number of hydrogen-bond donors (Lipinski definition) is 1. The minimum atomic E-state index is -4.36. The van der Waals surface area contributed by atoms with Crippen LogP contribution in [0.1, 0.15) is 25.3 Å². The molecule has 11 heteroatoms. The zero-order chi connectivity index (χ0) is 18.8. The summed E-state index contributed by atoms with van der Waals surface area (Å²) in [6.07, 6.45) is -0.744. The molecule has 0 aliphatic carbocycles. The summed E-state index contributed by atoms with van der Waals surface area (Å²) in [6, 6.07) is 4.26. The number of ether oxygens (including phenoxy) is 1. The molecule has 1 aromatic carbocycles. The zero-order valence-corrected chi connectivity index (χ0v) is 16.8. The lowest BCUT2D eigenvalue weighted by molar-refractivity contribution is -0.159. The van der Waals surface area contributed by atoms with Gasteiger partial charge < -0.3 is 4.74 Å². The van der Waals surface area contributed by atoms with Crippen molar-refractivity contribution in [2.24, 2.45) is 0 Å². The molecule has 136 valence electrons. The fraction of sp³-hybridized carbons (Fsp3) is 0.462. The van der Waals surface area contributed by atoms with Gasteiger partial charge in [-0.2, -0.15) is 8.42 Å². The van der Waals surface area contributed by atoms with Crippen molar-refractivity contribution < 1.29 is 22.5 Å². The molecule has 0 heterocycles. The largest absolute Gasteiger partial charge is 0.454 e. The number of hydrogen-bond acceptors (Lipinski definition) is 4. The van der Waals surface area contributed by atoms with E-state index < -0.39 is 31.2 Å². The molecule has 0 saturated heterocycles. The number of alkyl halides is 3. The van der Waals surface area contributed by atoms with E-state index in [0.29, 0.717) is 0 Å². The predicted octanol–water partition coefficient (Wildman–Crippen LogP) is 4.79. The quantitative estimate of drug-likeness (QED) is 0.377. The third-order valence-corrected chi connectivity index (χ3v) is 4.53. The number of carbonyl (C=O) groups is 1. The van der Waals surface area contributed by atoms with Gasteiger partial charge in [0.2, 0.25) is 0 Å². The third kappa shape index (κ3) is 7.52. The summed E-state index contributed by atoms with van der Waals surface area (Å²) in [6.45, 7) is 1.12. The van der Waals surface area contributed by atoms with Gasteiger partial charge in [-0.1, -0.05) is 58.0 Å². The maximum absolute atomic E-state index is 11.6. The molecule has 0 saturated carbocycles. The van der Waals surface area contributed by atoms with E-state index in [1.807, 2.05) is 0 Å². The minimum absolute atomic E-state index is 0.213. The molecule has 0 radical (unpaired) electrons. The second kappa shape index (κ2) is 8.16. The normalized spacial score (nSPS) is 15.0. The van der Waals surface area contributed by atoms with Crippen molar-refractivity contribution in [3.8, 4) is 0 Å². The second-order valence-corrected chi connectivity index (χ2v) is 10.0. The highest BCUT2D eigenvalue weighted by atomic mass is 35.6. The highest BCUT2D eigenvalue weighted by molar-refractivity contribution is 7.85. The summed E-state index contributed by atoms with van der Waals surface area (Å²) < 4.78 is 34.8. The molecule has 0 aliphatic rings. The molecule has 0 fully saturated rings. The Kier molecular flexibility index (Phi) is 7.51. The molecule has 0 aliphatic heterocycles. The minimum Gasteiger partial charge on any atom is -0.454 e. The number of carbonyl (C=O) groups excluding carboxylic acids is 1. The van der Waals surface area contributed by atoms with Gasteiger partial charge in [0.15, 0.2) is 3.79 Å². The van der Waals surface area contributed by atoms with Crippen molar-refractivity contribution in [1.29, 1.82) is 0 Å². The van der Waals surface area contributed by atoms with Crippen LogP contribution < -0.4 is 0 Å². The van der Waals surface area contributed by atoms with Crippen LogP contribution in [-0.2, 0) is 25.3 Å². The van der Waals surface area contributed by atoms with Crippen LogP contribution in [0.5, 0.6) is 0 Å². The first-order valence-electron chi connectivity index (χ1n) is 6.40. The number of benzene rings is 1. The summed E-state index contributed by atoms with van der Waals surface area (Å²) in [4.78, 5) is 11.6. The Morgan fingerprint density at radius 2 is 1.67 bits per heavy atom. The summed E-state index contributed by atoms with van der Waals surface area (Å²) in [5, 5.41) is 0.426. The van der Waals surface area contributed by atoms with E-state index in [1.165, 1.54) is 18.2 Å². The number of rotatable bonds is 6. The smallest absolute Gasteiger partial charge is 0.303 e. The lowest BCUT2D eigenvalue weighted by Gasteiger charge is -2.36. The molecule has 1 atom stereocenters. The summed E-state index contributed by atoms with van der Waals surface area (Å²) in [5.74, 6) is -1.47. The monoisotopic (exact) mass is 456 g/mol. The van der Waals surface area contributed by atoms with Crippen LogP contribution in [0.25, 0.3) is 0 Å². The van der Waals surface area contributed by atoms with Crippen LogP contribution in [0.2, 0.25) is 10.0 Å². The Hall–Kier alpha value is 0.0500. The summed E-state index contributed by atoms with van der Waals surface area (Å²) in [7, 11) is -4.36. The van der Waals surface area contributed by atoms with Gasteiger partial charge in [-0.3, -0.25) is 9.35 Å². The Balaban J connectivity index is 3.50. The van der Waals surface area contributed by atoms with Crippen LogP contribution in [0.4, 0.5) is 0 Å². The molecule has 24 heavy (non-hydrogen) atoms. The van der Waals surface area contributed by atoms with Crippen molar-refractivity contribution in [3.63, 3.8) is 0 Å². The van der Waals surface area contributed by atoms with Crippen molar-refractivity contribution in [2.75, 3.05) is 5.75 Å². The van der Waals surface area contributed by atoms with Gasteiger partial charge in [-0.05, 0) is 23.8 Å². The average molecular weight is 459 g/mol. The topological polar surface area (TPSA) is 80.7 Å². The fourth-order valence-electron chi connectivity index (χ4n) is 2.19. The maximum atomic E-state index is 11.6. The predicted molar refractivity (Wildman–Crippen MR) is 95.8 cm³/mol. The van der Waals surface area contributed by atoms with Gasteiger partial charge in [0.1, 0.15) is 5.60 Å². The summed E-state index contributed by atoms with van der Waals surface area (Å²) in [5.41, 5.74) is -1.42. The van der Waals surface area contributed by atoms with Gasteiger partial charge in [-0.15, -0.1) is 0 Å². The molecule has 1 aromatic rings. The molecule has 5 nitrogen and oxygen atoms in total. The molecular weight excluding hydrogens is 445 g/mol. The van der Waals surface area contributed by atoms with Crippen LogP contribution in [0.3, 0.4) is 0 Å². The van der Waals surface area contributed by atoms with Crippen molar-refractivity contribution in [3.05, 3.63) is 33.8 Å². The van der Waals surface area contributed by atoms with E-state index in [9.17, 15) is 13.2 Å². The van der Waals surface area contributed by atoms with E-state index in [4.69, 9.17) is 67.3 Å². The van der Waals surface area contributed by atoms with Crippen molar-refractivity contribution >= 4 is 74.1 Å². The molecule has 1 rings (SSSR count). The van der Waals surface area contributed by atoms with Crippen LogP contribution in [0, 0.1) is 0 Å². The average Bonchev–Trinajstić information content (AvgIpc) is 2.31. The van der Waals surface area contributed by atoms with Gasteiger partial charge in [0.25, 0.3) is 10.1 Å². The molecule has 0 spiro atoms. The van der Waals surface area contributed by atoms with Gasteiger partial charge in [0, 0.05) is 29.8 Å². The number of halogens is 5. The first-order chi connectivity index (χ1) is 10.7. The molecule has 0 amide bonds. The molecule has 1 unspecified atom stereocenters. The lowest BCUT2D eigenvalue weighted by Crippen LogP contribution is -2.38. The Morgan fingerprint density at radius 3 is 2.04 bits per heavy atom. The lowest BCUT2D eigenvalue weighted by atomic mass is 9.88. The highest BCUT2D eigenvalue weighted by Crippen LogP contribution is 2.45. The Bertz CT molecular complexity index is 696. The van der Waals surface area contributed by atoms with E-state index in [2.05, 4.69) is 0 Å². The summed E-state index contributed by atoms with van der Waals surface area (Å²) >= 11 is 29.5. The molecular formula is C13H13Cl5O5S. The maximum Gasteiger partial charge on any atom is 0.303 e. The van der Waals surface area contributed by atoms with E-state index in [-0.39, 0.29) is 28.5 Å². The van der Waals surface area contributed by atoms with Gasteiger partial charge in [-0.25, -0.2) is 0 Å². The van der Waals surface area contributed by atoms with Crippen LogP contribution in [0.15, 0.2) is 18.2 Å². The molecule has 1 N–H and O–H groups in total. The third-order valence-electron chi connectivity index (χ3n) is 2.98. The van der Waals surface area contributed by atoms with Crippen LogP contribution >= 0.6 is 58.0 Å². The van der Waals surface area contributed by atoms with Gasteiger partial charge in [0.05, 0.1) is 5.75 Å². The van der Waals surface area contributed by atoms with Crippen molar-refractivity contribution in [2.45, 2.75) is 29.2 Å².